The van der Waals surface area contributed by atoms with E-state index >= 15 is 0 Å². The second-order valence-electron chi connectivity index (χ2n) is 18.7. The average Bonchev–Trinajstić information content (AvgIpc) is 3.31. The standard InChI is InChI=1S/C46H78O2/c1-10-11-12-13-14-15-16-17-18-19-20-21-22-26-42(47)48-41-31-32-44(7)38-30-34-45(8)37(36(4)25-23-24-35(2)3)29-33-46(45,9)39(38)27-28-40(44)43(41,5)6/h15-16,24,36-37,40-41H,10-14,17-23,25-34H2,1-9H3/b16-15+/t36-,37-,40+,41+,44-,45-,46+/m1/s1. The minimum atomic E-state index is 0.0179. The van der Waals surface area contributed by atoms with Crippen molar-refractivity contribution in [3.8, 4) is 0 Å². The Morgan fingerprint density at radius 3 is 2.15 bits per heavy atom. The fourth-order valence-electron chi connectivity index (χ4n) is 11.9. The van der Waals surface area contributed by atoms with E-state index in [9.17, 15) is 4.79 Å². The Bertz CT molecular complexity index is 1130. The molecule has 0 unspecified atom stereocenters. The van der Waals surface area contributed by atoms with Crippen molar-refractivity contribution in [2.75, 3.05) is 0 Å². The highest BCUT2D eigenvalue weighted by molar-refractivity contribution is 5.69. The van der Waals surface area contributed by atoms with Crippen LogP contribution in [-0.2, 0) is 9.53 Å². The van der Waals surface area contributed by atoms with E-state index in [1.165, 1.54) is 121 Å². The number of fused-ring (bicyclic) bond motifs is 4. The van der Waals surface area contributed by atoms with Gasteiger partial charge in [0.2, 0.25) is 0 Å². The summed E-state index contributed by atoms with van der Waals surface area (Å²) < 4.78 is 6.37. The molecule has 4 aliphatic rings. The van der Waals surface area contributed by atoms with Crippen LogP contribution in [0.4, 0.5) is 0 Å². The lowest BCUT2D eigenvalue weighted by molar-refractivity contribution is -0.170. The molecule has 0 bridgehead atoms. The maximum absolute atomic E-state index is 13.1. The van der Waals surface area contributed by atoms with Gasteiger partial charge in [-0.15, -0.1) is 0 Å². The third-order valence-corrected chi connectivity index (χ3v) is 15.0. The topological polar surface area (TPSA) is 26.3 Å². The maximum Gasteiger partial charge on any atom is 0.306 e. The Hall–Kier alpha value is -1.31. The molecule has 274 valence electrons. The SMILES string of the molecule is CCCCCC/C=C/CCCCCCCC(=O)O[C@H]1CC[C@]2(C)C3=C(CC[C@H]2C1(C)C)[C@]1(C)CC[C@H]([C@H](C)CCC=C(C)C)[C@@]1(C)CC3. The van der Waals surface area contributed by atoms with Gasteiger partial charge in [-0.25, -0.2) is 0 Å². The van der Waals surface area contributed by atoms with Crippen LogP contribution in [0, 0.1) is 39.4 Å². The molecule has 0 amide bonds. The molecule has 48 heavy (non-hydrogen) atoms. The minimum Gasteiger partial charge on any atom is -0.462 e. The number of hydrogen-bond acceptors (Lipinski definition) is 2. The molecule has 0 N–H and O–H groups in total. The van der Waals surface area contributed by atoms with Gasteiger partial charge >= 0.3 is 5.97 Å². The molecule has 0 aliphatic heterocycles. The molecule has 4 rings (SSSR count). The first-order chi connectivity index (χ1) is 22.8. The van der Waals surface area contributed by atoms with Crippen LogP contribution in [0.5, 0.6) is 0 Å². The zero-order chi connectivity index (χ0) is 35.0. The van der Waals surface area contributed by atoms with Crippen molar-refractivity contribution in [1.82, 2.24) is 0 Å². The van der Waals surface area contributed by atoms with Gasteiger partial charge in [-0.3, -0.25) is 4.79 Å². The van der Waals surface area contributed by atoms with Crippen molar-refractivity contribution in [3.63, 3.8) is 0 Å². The van der Waals surface area contributed by atoms with Crippen molar-refractivity contribution in [2.24, 2.45) is 39.4 Å². The Kier molecular flexibility index (Phi) is 14.2. The van der Waals surface area contributed by atoms with Crippen LogP contribution in [0.15, 0.2) is 34.9 Å². The fourth-order valence-corrected chi connectivity index (χ4v) is 11.9. The lowest BCUT2D eigenvalue weighted by Crippen LogP contribution is -2.55. The number of carbonyl (C=O) groups is 1. The highest BCUT2D eigenvalue weighted by Crippen LogP contribution is 2.72. The summed E-state index contributed by atoms with van der Waals surface area (Å²) in [6.07, 6.45) is 34.3. The molecule has 2 saturated carbocycles. The largest absolute Gasteiger partial charge is 0.462 e. The number of carbonyl (C=O) groups excluding carboxylic acids is 1. The molecule has 7 atom stereocenters. The van der Waals surface area contributed by atoms with E-state index in [0.717, 1.165) is 31.1 Å². The predicted molar refractivity (Wildman–Crippen MR) is 207 cm³/mol. The summed E-state index contributed by atoms with van der Waals surface area (Å²) in [4.78, 5) is 13.1. The molecule has 0 aromatic heterocycles. The van der Waals surface area contributed by atoms with E-state index in [4.69, 9.17) is 4.74 Å². The monoisotopic (exact) mass is 663 g/mol. The number of esters is 1. The molecule has 0 spiro atoms. The Morgan fingerprint density at radius 2 is 1.46 bits per heavy atom. The van der Waals surface area contributed by atoms with Crippen molar-refractivity contribution in [2.45, 2.75) is 210 Å². The third kappa shape index (κ3) is 8.58. The lowest BCUT2D eigenvalue weighted by Gasteiger charge is -2.62. The van der Waals surface area contributed by atoms with Gasteiger partial charge in [0.1, 0.15) is 6.10 Å². The van der Waals surface area contributed by atoms with Gasteiger partial charge in [0.05, 0.1) is 0 Å². The first-order valence-electron chi connectivity index (χ1n) is 21.0. The van der Waals surface area contributed by atoms with Crippen LogP contribution in [-0.4, -0.2) is 12.1 Å². The van der Waals surface area contributed by atoms with Crippen molar-refractivity contribution in [3.05, 3.63) is 34.9 Å². The first-order valence-corrected chi connectivity index (χ1v) is 21.0. The Labute approximate surface area is 298 Å². The van der Waals surface area contributed by atoms with E-state index in [0.29, 0.717) is 23.2 Å². The smallest absolute Gasteiger partial charge is 0.306 e. The van der Waals surface area contributed by atoms with E-state index in [1.54, 1.807) is 0 Å². The normalized spacial score (nSPS) is 33.2. The summed E-state index contributed by atoms with van der Waals surface area (Å²) in [6.45, 7) is 22.2. The number of unbranched alkanes of at least 4 members (excludes halogenated alkanes) is 9. The molecule has 0 heterocycles. The third-order valence-electron chi connectivity index (χ3n) is 15.0. The van der Waals surface area contributed by atoms with Gasteiger partial charge in [-0.1, -0.05) is 122 Å². The van der Waals surface area contributed by atoms with Gasteiger partial charge in [-0.2, -0.15) is 0 Å². The molecule has 4 aliphatic carbocycles. The summed E-state index contributed by atoms with van der Waals surface area (Å²) in [5.74, 6) is 2.28. The molecule has 0 aromatic carbocycles. The number of ether oxygens (including phenoxy) is 1. The molecule has 0 saturated heterocycles. The highest BCUT2D eigenvalue weighted by atomic mass is 16.5. The van der Waals surface area contributed by atoms with Crippen molar-refractivity contribution in [1.29, 1.82) is 0 Å². The molecule has 0 aromatic rings. The quantitative estimate of drug-likeness (QED) is 0.0829. The van der Waals surface area contributed by atoms with Crippen LogP contribution < -0.4 is 0 Å². The van der Waals surface area contributed by atoms with Gasteiger partial charge in [0, 0.05) is 11.8 Å². The minimum absolute atomic E-state index is 0.0179. The Balaban J connectivity index is 1.27. The number of hydrogen-bond donors (Lipinski definition) is 0. The summed E-state index contributed by atoms with van der Waals surface area (Å²) in [7, 11) is 0. The Morgan fingerprint density at radius 1 is 0.792 bits per heavy atom. The average molecular weight is 663 g/mol. The zero-order valence-electron chi connectivity index (χ0n) is 33.4. The van der Waals surface area contributed by atoms with Crippen LogP contribution in [0.2, 0.25) is 0 Å². The van der Waals surface area contributed by atoms with E-state index in [2.05, 4.69) is 80.5 Å². The van der Waals surface area contributed by atoms with Crippen LogP contribution >= 0.6 is 0 Å². The maximum atomic E-state index is 13.1. The predicted octanol–water partition coefficient (Wildman–Crippen LogP) is 14.3. The lowest BCUT2D eigenvalue weighted by atomic mass is 9.43. The van der Waals surface area contributed by atoms with Crippen LogP contribution in [0.1, 0.15) is 204 Å². The van der Waals surface area contributed by atoms with Gasteiger partial charge < -0.3 is 4.74 Å². The number of rotatable bonds is 18. The van der Waals surface area contributed by atoms with E-state index in [-0.39, 0.29) is 22.9 Å². The molecular formula is C46H78O2. The molecule has 2 nitrogen and oxygen atoms in total. The van der Waals surface area contributed by atoms with Crippen molar-refractivity contribution >= 4 is 5.97 Å². The van der Waals surface area contributed by atoms with Crippen LogP contribution in [0.3, 0.4) is 0 Å². The molecule has 2 heteroatoms. The zero-order valence-corrected chi connectivity index (χ0v) is 33.4. The van der Waals surface area contributed by atoms with E-state index < -0.39 is 0 Å². The van der Waals surface area contributed by atoms with E-state index in [1.807, 2.05) is 11.1 Å². The fraction of sp³-hybridized carbons (Fsp3) is 0.848. The second kappa shape index (κ2) is 17.3. The summed E-state index contributed by atoms with van der Waals surface area (Å²) in [5.41, 5.74) is 6.22. The second-order valence-corrected chi connectivity index (χ2v) is 18.7. The van der Waals surface area contributed by atoms with Crippen LogP contribution in [0.25, 0.3) is 0 Å². The summed E-state index contributed by atoms with van der Waals surface area (Å²) >= 11 is 0. The molecule has 2 fully saturated rings. The highest BCUT2D eigenvalue weighted by Gasteiger charge is 2.63. The van der Waals surface area contributed by atoms with Gasteiger partial charge in [-0.05, 0) is 144 Å². The summed E-state index contributed by atoms with van der Waals surface area (Å²) in [5, 5.41) is 0. The number of allylic oxidation sites excluding steroid dienone is 6. The molecular weight excluding hydrogens is 585 g/mol. The van der Waals surface area contributed by atoms with Gasteiger partial charge in [0.15, 0.2) is 0 Å². The summed E-state index contributed by atoms with van der Waals surface area (Å²) in [6, 6.07) is 0. The van der Waals surface area contributed by atoms with Crippen molar-refractivity contribution < 1.29 is 9.53 Å². The first kappa shape index (κ1) is 39.5. The van der Waals surface area contributed by atoms with Gasteiger partial charge in [0.25, 0.3) is 0 Å². The molecule has 0 radical (unpaired) electrons.